The van der Waals surface area contributed by atoms with E-state index in [9.17, 15) is 4.79 Å². The van der Waals surface area contributed by atoms with Gasteiger partial charge in [-0.05, 0) is 35.9 Å². The number of fused-ring (bicyclic) bond motifs is 1. The molecule has 0 amide bonds. The topological polar surface area (TPSA) is 68.2 Å². The van der Waals surface area contributed by atoms with Gasteiger partial charge in [-0.2, -0.15) is 0 Å². The van der Waals surface area contributed by atoms with E-state index in [0.29, 0.717) is 30.9 Å². The third kappa shape index (κ3) is 4.80. The molecular formula is C23H22N4O2S. The normalized spacial score (nSPS) is 10.9. The second kappa shape index (κ2) is 9.00. The molecule has 2 heterocycles. The summed E-state index contributed by atoms with van der Waals surface area (Å²) in [5.74, 6) is 1.39. The van der Waals surface area contributed by atoms with E-state index in [1.54, 1.807) is 17.5 Å². The molecule has 0 radical (unpaired) electrons. The molecule has 0 N–H and O–H groups in total. The van der Waals surface area contributed by atoms with Gasteiger partial charge in [0, 0.05) is 50.6 Å². The minimum Gasteiger partial charge on any atom is -0.438 e. The highest BCUT2D eigenvalue weighted by Gasteiger charge is 2.09. The molecule has 6 nitrogen and oxygen atoms in total. The third-order valence-corrected chi connectivity index (χ3v) is 5.58. The Balaban J connectivity index is 1.41. The van der Waals surface area contributed by atoms with Crippen molar-refractivity contribution in [1.82, 2.24) is 15.0 Å². The number of ketones is 1. The molecule has 4 rings (SSSR count). The number of anilines is 1. The molecule has 0 spiro atoms. The number of hydrogen-bond acceptors (Lipinski definition) is 7. The maximum atomic E-state index is 12.2. The largest absolute Gasteiger partial charge is 0.438 e. The first kappa shape index (κ1) is 20.0. The fourth-order valence-electron chi connectivity index (χ4n) is 3.11. The SMILES string of the molecule is CN(C)c1ccc2c(Oc3ccc(CC(=O)CCc4nccs4)cc3)ncnc2c1. The van der Waals surface area contributed by atoms with Crippen molar-refractivity contribution in [3.8, 4) is 11.6 Å². The summed E-state index contributed by atoms with van der Waals surface area (Å²) in [5, 5.41) is 3.78. The lowest BCUT2D eigenvalue weighted by Gasteiger charge is -2.13. The number of benzene rings is 2. The highest BCUT2D eigenvalue weighted by molar-refractivity contribution is 7.09. The fourth-order valence-corrected chi connectivity index (χ4v) is 3.73. The maximum absolute atomic E-state index is 12.2. The van der Waals surface area contributed by atoms with Crippen LogP contribution < -0.4 is 9.64 Å². The van der Waals surface area contributed by atoms with Crippen LogP contribution in [0.4, 0.5) is 5.69 Å². The van der Waals surface area contributed by atoms with E-state index in [0.717, 1.165) is 27.2 Å². The number of rotatable bonds is 8. The van der Waals surface area contributed by atoms with Gasteiger partial charge in [-0.3, -0.25) is 4.79 Å². The van der Waals surface area contributed by atoms with E-state index in [-0.39, 0.29) is 5.78 Å². The summed E-state index contributed by atoms with van der Waals surface area (Å²) in [6, 6.07) is 13.6. The van der Waals surface area contributed by atoms with Crippen LogP contribution in [0.25, 0.3) is 10.9 Å². The second-order valence-electron chi connectivity index (χ2n) is 7.16. The van der Waals surface area contributed by atoms with Crippen LogP contribution in [0.3, 0.4) is 0 Å². The summed E-state index contributed by atoms with van der Waals surface area (Å²) in [6.45, 7) is 0. The Kier molecular flexibility index (Phi) is 5.99. The lowest BCUT2D eigenvalue weighted by molar-refractivity contribution is -0.118. The van der Waals surface area contributed by atoms with Crippen molar-refractivity contribution in [2.45, 2.75) is 19.3 Å². The van der Waals surface area contributed by atoms with E-state index in [4.69, 9.17) is 4.74 Å². The van der Waals surface area contributed by atoms with Gasteiger partial charge in [0.25, 0.3) is 0 Å². The Morgan fingerprint density at radius 2 is 1.90 bits per heavy atom. The van der Waals surface area contributed by atoms with Crippen molar-refractivity contribution >= 4 is 33.7 Å². The van der Waals surface area contributed by atoms with Gasteiger partial charge < -0.3 is 9.64 Å². The summed E-state index contributed by atoms with van der Waals surface area (Å²) in [4.78, 5) is 27.1. The highest BCUT2D eigenvalue weighted by Crippen LogP contribution is 2.29. The Bertz CT molecular complexity index is 1140. The van der Waals surface area contributed by atoms with Gasteiger partial charge in [0.15, 0.2) is 0 Å². The van der Waals surface area contributed by atoms with Gasteiger partial charge in [0.2, 0.25) is 5.88 Å². The van der Waals surface area contributed by atoms with E-state index in [1.165, 1.54) is 6.33 Å². The zero-order chi connectivity index (χ0) is 20.9. The predicted molar refractivity (Wildman–Crippen MR) is 120 cm³/mol. The van der Waals surface area contributed by atoms with Crippen LogP contribution in [0.15, 0.2) is 60.4 Å². The van der Waals surface area contributed by atoms with Crippen molar-refractivity contribution in [1.29, 1.82) is 0 Å². The molecule has 2 aromatic heterocycles. The van der Waals surface area contributed by atoms with Gasteiger partial charge in [0.05, 0.1) is 15.9 Å². The fraction of sp³-hybridized carbons (Fsp3) is 0.217. The van der Waals surface area contributed by atoms with Gasteiger partial charge >= 0.3 is 0 Å². The Hall–Kier alpha value is -3.32. The Labute approximate surface area is 179 Å². The molecule has 0 saturated carbocycles. The number of ether oxygens (including phenoxy) is 1. The number of carbonyl (C=O) groups excluding carboxylic acids is 1. The maximum Gasteiger partial charge on any atom is 0.230 e. The van der Waals surface area contributed by atoms with Crippen LogP contribution in [-0.4, -0.2) is 34.8 Å². The molecule has 0 fully saturated rings. The molecule has 30 heavy (non-hydrogen) atoms. The molecule has 0 aliphatic rings. The number of hydrogen-bond donors (Lipinski definition) is 0. The smallest absolute Gasteiger partial charge is 0.230 e. The lowest BCUT2D eigenvalue weighted by Crippen LogP contribution is -2.08. The van der Waals surface area contributed by atoms with Crippen LogP contribution >= 0.6 is 11.3 Å². The molecule has 0 unspecified atom stereocenters. The van der Waals surface area contributed by atoms with Gasteiger partial charge in [-0.15, -0.1) is 11.3 Å². The standard InChI is InChI=1S/C23H22N4O2S/c1-27(2)17-5-9-20-21(14-17)25-15-26-23(20)29-19-7-3-16(4-8-19)13-18(28)6-10-22-24-11-12-30-22/h3-5,7-9,11-12,14-15H,6,10,13H2,1-2H3. The molecule has 4 aromatic rings. The van der Waals surface area contributed by atoms with Gasteiger partial charge in [-0.1, -0.05) is 12.1 Å². The number of nitrogens with zero attached hydrogens (tertiary/aromatic N) is 4. The number of carbonyl (C=O) groups is 1. The van der Waals surface area contributed by atoms with Crippen LogP contribution in [-0.2, 0) is 17.6 Å². The summed E-state index contributed by atoms with van der Waals surface area (Å²) in [6.07, 6.45) is 4.90. The average molecular weight is 419 g/mol. The van der Waals surface area contributed by atoms with Crippen molar-refractivity contribution < 1.29 is 9.53 Å². The Morgan fingerprint density at radius 3 is 2.63 bits per heavy atom. The Morgan fingerprint density at radius 1 is 1.07 bits per heavy atom. The lowest BCUT2D eigenvalue weighted by atomic mass is 10.1. The summed E-state index contributed by atoms with van der Waals surface area (Å²) < 4.78 is 5.99. The summed E-state index contributed by atoms with van der Waals surface area (Å²) in [7, 11) is 3.98. The number of aromatic nitrogens is 3. The zero-order valence-corrected chi connectivity index (χ0v) is 17.7. The van der Waals surface area contributed by atoms with Crippen LogP contribution in [0.5, 0.6) is 11.6 Å². The van der Waals surface area contributed by atoms with E-state index < -0.39 is 0 Å². The highest BCUT2D eigenvalue weighted by atomic mass is 32.1. The average Bonchev–Trinajstić information content (AvgIpc) is 3.27. The third-order valence-electron chi connectivity index (χ3n) is 4.74. The number of aryl methyl sites for hydroxylation is 1. The first-order chi connectivity index (χ1) is 14.6. The van der Waals surface area contributed by atoms with Crippen molar-refractivity contribution in [3.05, 3.63) is 70.9 Å². The number of Topliss-reactive ketones (excluding diaryl/α,β-unsaturated/α-hetero) is 1. The molecule has 7 heteroatoms. The molecule has 152 valence electrons. The first-order valence-corrected chi connectivity index (χ1v) is 10.6. The van der Waals surface area contributed by atoms with Crippen LogP contribution in [0, 0.1) is 0 Å². The summed E-state index contributed by atoms with van der Waals surface area (Å²) >= 11 is 1.58. The van der Waals surface area contributed by atoms with Crippen molar-refractivity contribution in [3.63, 3.8) is 0 Å². The molecule has 0 aliphatic heterocycles. The van der Waals surface area contributed by atoms with Crippen LogP contribution in [0.2, 0.25) is 0 Å². The first-order valence-electron chi connectivity index (χ1n) is 9.67. The molecule has 0 saturated heterocycles. The molecule has 0 aliphatic carbocycles. The summed E-state index contributed by atoms with van der Waals surface area (Å²) in [5.41, 5.74) is 2.86. The molecule has 0 atom stereocenters. The van der Waals surface area contributed by atoms with Crippen molar-refractivity contribution in [2.75, 3.05) is 19.0 Å². The minimum absolute atomic E-state index is 0.206. The van der Waals surface area contributed by atoms with E-state index >= 15 is 0 Å². The quantitative estimate of drug-likeness (QED) is 0.414. The van der Waals surface area contributed by atoms with Gasteiger partial charge in [-0.25, -0.2) is 15.0 Å². The van der Waals surface area contributed by atoms with Crippen molar-refractivity contribution in [2.24, 2.45) is 0 Å². The number of thiazole rings is 1. The van der Waals surface area contributed by atoms with Crippen LogP contribution in [0.1, 0.15) is 17.0 Å². The van der Waals surface area contributed by atoms with E-state index in [1.807, 2.05) is 66.8 Å². The molecule has 2 aromatic carbocycles. The zero-order valence-electron chi connectivity index (χ0n) is 16.9. The molecular weight excluding hydrogens is 396 g/mol. The van der Waals surface area contributed by atoms with E-state index in [2.05, 4.69) is 15.0 Å². The second-order valence-corrected chi connectivity index (χ2v) is 8.14. The predicted octanol–water partition coefficient (Wildman–Crippen LogP) is 4.69. The van der Waals surface area contributed by atoms with Gasteiger partial charge in [0.1, 0.15) is 17.9 Å². The minimum atomic E-state index is 0.206. The monoisotopic (exact) mass is 418 g/mol. The molecule has 0 bridgehead atoms.